The number of ether oxygens (including phenoxy) is 1. The normalized spacial score (nSPS) is 22.5. The minimum absolute atomic E-state index is 0.131. The van der Waals surface area contributed by atoms with E-state index in [1.165, 1.54) is 12.5 Å². The summed E-state index contributed by atoms with van der Waals surface area (Å²) in [7, 11) is 0. The van der Waals surface area contributed by atoms with Crippen LogP contribution in [0.1, 0.15) is 62.3 Å². The van der Waals surface area contributed by atoms with Gasteiger partial charge in [-0.25, -0.2) is 4.79 Å². The maximum absolute atomic E-state index is 12.2. The average Bonchev–Trinajstić information content (AvgIpc) is 2.99. The van der Waals surface area contributed by atoms with Crippen LogP contribution in [-0.2, 0) is 16.1 Å². The van der Waals surface area contributed by atoms with Crippen LogP contribution in [0.25, 0.3) is 0 Å². The van der Waals surface area contributed by atoms with Gasteiger partial charge in [-0.2, -0.15) is 0 Å². The number of hydrogen-bond donors (Lipinski definition) is 2. The second kappa shape index (κ2) is 8.15. The quantitative estimate of drug-likeness (QED) is 0.805. The van der Waals surface area contributed by atoms with Gasteiger partial charge in [0.25, 0.3) is 0 Å². The number of hydrogen-bond acceptors (Lipinski definition) is 4. The molecule has 1 aromatic heterocycles. The van der Waals surface area contributed by atoms with Crippen molar-refractivity contribution >= 4 is 11.9 Å². The Balaban J connectivity index is 1.83. The molecule has 0 aliphatic heterocycles. The molecule has 1 aromatic rings. The molecule has 0 aromatic carbocycles. The Morgan fingerprint density at radius 3 is 2.83 bits per heavy atom. The molecule has 6 heteroatoms. The first-order chi connectivity index (χ1) is 11.0. The van der Waals surface area contributed by atoms with Crippen LogP contribution in [0.2, 0.25) is 0 Å². The molecule has 0 radical (unpaired) electrons. The summed E-state index contributed by atoms with van der Waals surface area (Å²) < 4.78 is 11.1. The summed E-state index contributed by atoms with van der Waals surface area (Å²) in [5.41, 5.74) is 0. The van der Waals surface area contributed by atoms with Gasteiger partial charge >= 0.3 is 5.97 Å². The lowest BCUT2D eigenvalue weighted by atomic mass is 9.88. The van der Waals surface area contributed by atoms with Crippen LogP contribution < -0.4 is 5.32 Å². The van der Waals surface area contributed by atoms with Crippen LogP contribution in [-0.4, -0.2) is 29.2 Å². The average molecular weight is 323 g/mol. The van der Waals surface area contributed by atoms with Crippen molar-refractivity contribution in [3.8, 4) is 0 Å². The van der Waals surface area contributed by atoms with Crippen molar-refractivity contribution in [2.24, 2.45) is 5.92 Å². The number of amides is 1. The molecule has 1 saturated carbocycles. The molecule has 23 heavy (non-hydrogen) atoms. The van der Waals surface area contributed by atoms with E-state index < -0.39 is 12.1 Å². The standard InChI is InChI=1S/C17H25NO5/c1-3-14(22-12-6-4-5-11(2)9-12)16(19)18-10-13-7-8-15(23-13)17(20)21/h7-8,11-12,14H,3-6,9-10H2,1-2H3,(H,18,19)(H,20,21). The zero-order valence-electron chi connectivity index (χ0n) is 13.7. The zero-order valence-corrected chi connectivity index (χ0v) is 13.7. The number of nitrogens with one attached hydrogen (secondary N) is 1. The van der Waals surface area contributed by atoms with Gasteiger partial charge < -0.3 is 19.6 Å². The van der Waals surface area contributed by atoms with Crippen LogP contribution in [0, 0.1) is 5.92 Å². The van der Waals surface area contributed by atoms with Gasteiger partial charge in [-0.1, -0.05) is 26.7 Å². The molecule has 1 aliphatic rings. The second-order valence-corrected chi connectivity index (χ2v) is 6.22. The number of carboxylic acid groups (broad SMARTS) is 1. The van der Waals surface area contributed by atoms with Gasteiger partial charge in [-0.05, 0) is 37.3 Å². The first kappa shape index (κ1) is 17.5. The predicted octanol–water partition coefficient (Wildman–Crippen LogP) is 2.97. The monoisotopic (exact) mass is 323 g/mol. The number of carboxylic acids is 1. The Hall–Kier alpha value is -1.82. The fourth-order valence-electron chi connectivity index (χ4n) is 2.95. The zero-order chi connectivity index (χ0) is 16.8. The molecular formula is C17H25NO5. The molecule has 2 rings (SSSR count). The molecule has 0 bridgehead atoms. The molecule has 1 heterocycles. The van der Waals surface area contributed by atoms with Gasteiger partial charge in [0.1, 0.15) is 11.9 Å². The third-order valence-corrected chi connectivity index (χ3v) is 4.22. The summed E-state index contributed by atoms with van der Waals surface area (Å²) in [5.74, 6) is -0.375. The van der Waals surface area contributed by atoms with Gasteiger partial charge in [-0.3, -0.25) is 4.79 Å². The molecule has 0 spiro atoms. The highest BCUT2D eigenvalue weighted by Crippen LogP contribution is 2.27. The van der Waals surface area contributed by atoms with E-state index in [1.807, 2.05) is 6.92 Å². The summed E-state index contributed by atoms with van der Waals surface area (Å²) in [6.45, 7) is 4.30. The number of carbonyl (C=O) groups is 2. The minimum Gasteiger partial charge on any atom is -0.475 e. The first-order valence-electron chi connectivity index (χ1n) is 8.24. The van der Waals surface area contributed by atoms with E-state index in [0.29, 0.717) is 18.1 Å². The Kier molecular flexibility index (Phi) is 6.21. The van der Waals surface area contributed by atoms with Crippen molar-refractivity contribution in [2.75, 3.05) is 0 Å². The largest absolute Gasteiger partial charge is 0.475 e. The Bertz CT molecular complexity index is 539. The second-order valence-electron chi connectivity index (χ2n) is 6.22. The molecule has 0 saturated heterocycles. The van der Waals surface area contributed by atoms with Crippen molar-refractivity contribution in [1.29, 1.82) is 0 Å². The molecule has 3 atom stereocenters. The predicted molar refractivity (Wildman–Crippen MR) is 84.1 cm³/mol. The Morgan fingerprint density at radius 1 is 1.43 bits per heavy atom. The summed E-state index contributed by atoms with van der Waals surface area (Å²) in [5, 5.41) is 11.6. The third-order valence-electron chi connectivity index (χ3n) is 4.22. The molecule has 2 N–H and O–H groups in total. The number of rotatable bonds is 7. The van der Waals surface area contributed by atoms with Crippen LogP contribution in [0.5, 0.6) is 0 Å². The maximum atomic E-state index is 12.2. The van der Waals surface area contributed by atoms with E-state index in [2.05, 4.69) is 12.2 Å². The van der Waals surface area contributed by atoms with E-state index >= 15 is 0 Å². The highest BCUT2D eigenvalue weighted by atomic mass is 16.5. The number of carbonyl (C=O) groups excluding carboxylic acids is 1. The van der Waals surface area contributed by atoms with Gasteiger partial charge in [0.15, 0.2) is 0 Å². The Morgan fingerprint density at radius 2 is 2.22 bits per heavy atom. The summed E-state index contributed by atoms with van der Waals surface area (Å²) in [6, 6.07) is 2.93. The van der Waals surface area contributed by atoms with E-state index in [-0.39, 0.29) is 24.3 Å². The fraction of sp³-hybridized carbons (Fsp3) is 0.647. The highest BCUT2D eigenvalue weighted by Gasteiger charge is 2.25. The lowest BCUT2D eigenvalue weighted by Gasteiger charge is -2.29. The van der Waals surface area contributed by atoms with Crippen LogP contribution in [0.15, 0.2) is 16.5 Å². The molecule has 128 valence electrons. The van der Waals surface area contributed by atoms with Crippen LogP contribution in [0.4, 0.5) is 0 Å². The van der Waals surface area contributed by atoms with Crippen molar-refractivity contribution in [2.45, 2.75) is 64.7 Å². The first-order valence-corrected chi connectivity index (χ1v) is 8.24. The fourth-order valence-corrected chi connectivity index (χ4v) is 2.95. The maximum Gasteiger partial charge on any atom is 0.371 e. The van der Waals surface area contributed by atoms with Crippen LogP contribution >= 0.6 is 0 Å². The summed E-state index contributed by atoms with van der Waals surface area (Å²) in [6.07, 6.45) is 4.67. The Labute approximate surface area is 136 Å². The van der Waals surface area contributed by atoms with Crippen molar-refractivity contribution in [3.63, 3.8) is 0 Å². The van der Waals surface area contributed by atoms with Crippen molar-refractivity contribution < 1.29 is 23.8 Å². The third kappa shape index (κ3) is 5.10. The molecule has 1 fully saturated rings. The lowest BCUT2D eigenvalue weighted by Crippen LogP contribution is -2.39. The van der Waals surface area contributed by atoms with E-state index in [0.717, 1.165) is 19.3 Å². The van der Waals surface area contributed by atoms with Gasteiger partial charge in [0.2, 0.25) is 11.7 Å². The lowest BCUT2D eigenvalue weighted by molar-refractivity contribution is -0.139. The van der Waals surface area contributed by atoms with Gasteiger partial charge in [0, 0.05) is 0 Å². The van der Waals surface area contributed by atoms with E-state index in [1.54, 1.807) is 6.07 Å². The minimum atomic E-state index is -1.12. The summed E-state index contributed by atoms with van der Waals surface area (Å²) >= 11 is 0. The molecule has 6 nitrogen and oxygen atoms in total. The van der Waals surface area contributed by atoms with Crippen LogP contribution in [0.3, 0.4) is 0 Å². The number of furan rings is 1. The smallest absolute Gasteiger partial charge is 0.371 e. The van der Waals surface area contributed by atoms with Crippen molar-refractivity contribution in [1.82, 2.24) is 5.32 Å². The topological polar surface area (TPSA) is 88.8 Å². The van der Waals surface area contributed by atoms with Gasteiger partial charge in [0.05, 0.1) is 12.6 Å². The number of aromatic carboxylic acids is 1. The van der Waals surface area contributed by atoms with Crippen molar-refractivity contribution in [3.05, 3.63) is 23.7 Å². The molecule has 1 amide bonds. The molecule has 3 unspecified atom stereocenters. The van der Waals surface area contributed by atoms with E-state index in [9.17, 15) is 9.59 Å². The highest BCUT2D eigenvalue weighted by molar-refractivity contribution is 5.84. The van der Waals surface area contributed by atoms with Gasteiger partial charge in [-0.15, -0.1) is 0 Å². The molecule has 1 aliphatic carbocycles. The summed E-state index contributed by atoms with van der Waals surface area (Å²) in [4.78, 5) is 23.0. The SMILES string of the molecule is CCC(OC1CCCC(C)C1)C(=O)NCc1ccc(C(=O)O)o1. The van der Waals surface area contributed by atoms with E-state index in [4.69, 9.17) is 14.3 Å². The molecular weight excluding hydrogens is 298 g/mol.